The van der Waals surface area contributed by atoms with Crippen LogP contribution in [0.3, 0.4) is 0 Å². The van der Waals surface area contributed by atoms with E-state index in [0.29, 0.717) is 29.9 Å². The summed E-state index contributed by atoms with van der Waals surface area (Å²) in [6.07, 6.45) is 2.43. The molecule has 16 nitrogen and oxygen atoms in total. The van der Waals surface area contributed by atoms with Crippen LogP contribution in [-0.2, 0) is 46.1 Å². The van der Waals surface area contributed by atoms with E-state index in [1.165, 1.54) is 7.11 Å². The van der Waals surface area contributed by atoms with Gasteiger partial charge in [0, 0.05) is 18.7 Å². The minimum atomic E-state index is -3.56. The molecule has 2 aromatic heterocycles. The molecule has 0 saturated heterocycles. The molecule has 0 unspecified atom stereocenters. The summed E-state index contributed by atoms with van der Waals surface area (Å²) >= 11 is 0. The second kappa shape index (κ2) is 16.8. The number of aromatic nitrogens is 4. The number of benzene rings is 1. The van der Waals surface area contributed by atoms with Crippen LogP contribution >= 0.6 is 7.52 Å². The lowest BCUT2D eigenvalue weighted by atomic mass is 10.2. The Bertz CT molecular complexity index is 1400. The number of carboxylic acids is 2. The number of hydrogen-bond acceptors (Lipinski definition) is 12. The molecule has 0 radical (unpaired) electrons. The highest BCUT2D eigenvalue weighted by atomic mass is 31.2. The maximum Gasteiger partial charge on any atom is 0.328 e. The standard InChI is InChI=1S/C21H29N6O6P.C4H4O4/c1-4-32-20(28)15(2)26-34(29,33-12-16-8-6-5-7-9-16)14-31-11-10-27-13-23-17-18(27)24-21(22)25-19(17)30-3;5-3(6)1-2-4(7)8/h5-9,13,15H,4,10-12,14H2,1-3H3,(H,26,29)(H2,22,24,25);1-2H,(H,5,6)(H,7,8)/b;2-1+/t15-,34-;/m1./s1. The first-order chi connectivity index (χ1) is 20.0. The molecule has 228 valence electrons. The van der Waals surface area contributed by atoms with Gasteiger partial charge in [-0.05, 0) is 19.4 Å². The van der Waals surface area contributed by atoms with E-state index in [0.717, 1.165) is 5.56 Å². The van der Waals surface area contributed by atoms with Crippen LogP contribution < -0.4 is 15.6 Å². The molecular formula is C25H33N6O10P. The molecule has 5 N–H and O–H groups in total. The van der Waals surface area contributed by atoms with Gasteiger partial charge < -0.3 is 39.2 Å². The van der Waals surface area contributed by atoms with Crippen LogP contribution in [0.4, 0.5) is 5.95 Å². The second-order valence-electron chi connectivity index (χ2n) is 8.28. The zero-order chi connectivity index (χ0) is 31.1. The van der Waals surface area contributed by atoms with Crippen molar-refractivity contribution in [3.8, 4) is 5.88 Å². The largest absolute Gasteiger partial charge is 0.479 e. The number of anilines is 1. The number of hydrogen-bond donors (Lipinski definition) is 4. The average Bonchev–Trinajstić information content (AvgIpc) is 3.36. The number of fused-ring (bicyclic) bond motifs is 1. The van der Waals surface area contributed by atoms with E-state index in [1.807, 2.05) is 30.3 Å². The van der Waals surface area contributed by atoms with Crippen molar-refractivity contribution in [2.45, 2.75) is 33.0 Å². The number of esters is 1. The van der Waals surface area contributed by atoms with E-state index in [1.54, 1.807) is 24.7 Å². The number of nitrogens with zero attached hydrogens (tertiary/aromatic N) is 4. The van der Waals surface area contributed by atoms with Crippen LogP contribution in [0.25, 0.3) is 11.2 Å². The minimum Gasteiger partial charge on any atom is -0.479 e. The summed E-state index contributed by atoms with van der Waals surface area (Å²) in [6, 6.07) is 8.46. The van der Waals surface area contributed by atoms with Gasteiger partial charge in [-0.1, -0.05) is 30.3 Å². The van der Waals surface area contributed by atoms with E-state index < -0.39 is 31.5 Å². The predicted octanol–water partition coefficient (Wildman–Crippen LogP) is 2.05. The van der Waals surface area contributed by atoms with Gasteiger partial charge in [-0.3, -0.25) is 9.36 Å². The Morgan fingerprint density at radius 2 is 1.81 bits per heavy atom. The highest BCUT2D eigenvalue weighted by molar-refractivity contribution is 7.56. The highest BCUT2D eigenvalue weighted by Crippen LogP contribution is 2.44. The number of nitrogen functional groups attached to an aromatic ring is 1. The smallest absolute Gasteiger partial charge is 0.328 e. The number of aliphatic carboxylic acids is 2. The summed E-state index contributed by atoms with van der Waals surface area (Å²) in [4.78, 5) is 43.6. The molecule has 0 aliphatic carbocycles. The van der Waals surface area contributed by atoms with Crippen LogP contribution in [0, 0.1) is 0 Å². The summed E-state index contributed by atoms with van der Waals surface area (Å²) in [7, 11) is -2.08. The van der Waals surface area contributed by atoms with Crippen molar-refractivity contribution in [1.82, 2.24) is 24.6 Å². The summed E-state index contributed by atoms with van der Waals surface area (Å²) < 4.78 is 36.8. The molecule has 2 atom stereocenters. The Morgan fingerprint density at radius 3 is 2.40 bits per heavy atom. The molecule has 0 fully saturated rings. The quantitative estimate of drug-likeness (QED) is 0.0837. The first-order valence-electron chi connectivity index (χ1n) is 12.4. The van der Waals surface area contributed by atoms with Gasteiger partial charge in [-0.15, -0.1) is 0 Å². The molecular weight excluding hydrogens is 575 g/mol. The third kappa shape index (κ3) is 11.2. The molecule has 0 saturated carbocycles. The number of methoxy groups -OCH3 is 1. The number of carbonyl (C=O) groups is 3. The number of rotatable bonds is 15. The van der Waals surface area contributed by atoms with Crippen molar-refractivity contribution in [1.29, 1.82) is 0 Å². The predicted molar refractivity (Wildman–Crippen MR) is 150 cm³/mol. The zero-order valence-corrected chi connectivity index (χ0v) is 24.1. The minimum absolute atomic E-state index is 0.0583. The van der Waals surface area contributed by atoms with Crippen LogP contribution in [0.1, 0.15) is 19.4 Å². The monoisotopic (exact) mass is 608 g/mol. The van der Waals surface area contributed by atoms with Crippen LogP contribution in [-0.4, -0.2) is 80.4 Å². The number of nitrogens with two attached hydrogens (primary N) is 1. The van der Waals surface area contributed by atoms with Gasteiger partial charge in [-0.2, -0.15) is 9.97 Å². The average molecular weight is 609 g/mol. The Morgan fingerprint density at radius 1 is 1.14 bits per heavy atom. The molecule has 0 bridgehead atoms. The van der Waals surface area contributed by atoms with Gasteiger partial charge in [0.15, 0.2) is 11.2 Å². The van der Waals surface area contributed by atoms with E-state index in [9.17, 15) is 18.9 Å². The summed E-state index contributed by atoms with van der Waals surface area (Å²) in [6.45, 7) is 4.09. The SMILES string of the molecule is CCOC(=O)[C@@H](C)N[P@@](=O)(COCCn1cnc2c(OC)nc(N)nc21)OCc1ccccc1.O=C(O)/C=C/C(=O)O. The van der Waals surface area contributed by atoms with Crippen LogP contribution in [0.15, 0.2) is 48.8 Å². The molecule has 0 aliphatic rings. The summed E-state index contributed by atoms with van der Waals surface area (Å²) in [5.41, 5.74) is 7.54. The first kappa shape index (κ1) is 33.8. The lowest BCUT2D eigenvalue weighted by Crippen LogP contribution is -2.34. The molecule has 1 aromatic carbocycles. The van der Waals surface area contributed by atoms with E-state index in [4.69, 9.17) is 34.7 Å². The van der Waals surface area contributed by atoms with E-state index >= 15 is 0 Å². The number of carboxylic acid groups (broad SMARTS) is 2. The summed E-state index contributed by atoms with van der Waals surface area (Å²) in [5.74, 6) is -2.71. The van der Waals surface area contributed by atoms with Crippen molar-refractivity contribution in [3.05, 3.63) is 54.4 Å². The fourth-order valence-corrected chi connectivity index (χ4v) is 4.86. The molecule has 3 rings (SSSR count). The van der Waals surface area contributed by atoms with Gasteiger partial charge in [0.05, 0.1) is 33.3 Å². The maximum absolute atomic E-state index is 13.5. The molecule has 2 heterocycles. The van der Waals surface area contributed by atoms with Crippen LogP contribution in [0.2, 0.25) is 0 Å². The Kier molecular flexibility index (Phi) is 13.5. The van der Waals surface area contributed by atoms with Gasteiger partial charge in [-0.25, -0.2) is 19.7 Å². The Balaban J connectivity index is 0.000000675. The lowest BCUT2D eigenvalue weighted by Gasteiger charge is -2.23. The topological polar surface area (TPSA) is 227 Å². The fourth-order valence-electron chi connectivity index (χ4n) is 3.21. The third-order valence-corrected chi connectivity index (χ3v) is 6.91. The van der Waals surface area contributed by atoms with Gasteiger partial charge in [0.2, 0.25) is 11.8 Å². The molecule has 0 amide bonds. The third-order valence-electron chi connectivity index (χ3n) is 5.06. The second-order valence-corrected chi connectivity index (χ2v) is 10.4. The Hall–Kier alpha value is -4.37. The van der Waals surface area contributed by atoms with Crippen LogP contribution in [0.5, 0.6) is 5.88 Å². The molecule has 42 heavy (non-hydrogen) atoms. The van der Waals surface area contributed by atoms with E-state index in [2.05, 4.69) is 20.0 Å². The number of carbonyl (C=O) groups excluding carboxylic acids is 1. The zero-order valence-electron chi connectivity index (χ0n) is 23.2. The van der Waals surface area contributed by atoms with Crippen molar-refractivity contribution >= 4 is 42.5 Å². The highest BCUT2D eigenvalue weighted by Gasteiger charge is 2.29. The normalized spacial score (nSPS) is 13.1. The van der Waals surface area contributed by atoms with Gasteiger partial charge in [0.25, 0.3) is 7.52 Å². The molecule has 17 heteroatoms. The number of nitrogens with one attached hydrogen (secondary N) is 1. The summed E-state index contributed by atoms with van der Waals surface area (Å²) in [5, 5.41) is 18.4. The molecule has 0 aliphatic heterocycles. The lowest BCUT2D eigenvalue weighted by molar-refractivity contribution is -0.144. The van der Waals surface area contributed by atoms with Gasteiger partial charge in [0.1, 0.15) is 12.4 Å². The maximum atomic E-state index is 13.5. The molecule has 3 aromatic rings. The van der Waals surface area contributed by atoms with Crippen molar-refractivity contribution in [2.75, 3.05) is 32.4 Å². The number of imidazole rings is 1. The van der Waals surface area contributed by atoms with Crippen molar-refractivity contribution in [2.24, 2.45) is 0 Å². The Labute approximate surface area is 241 Å². The van der Waals surface area contributed by atoms with Crippen molar-refractivity contribution in [3.63, 3.8) is 0 Å². The first-order valence-corrected chi connectivity index (χ1v) is 14.2. The fraction of sp³-hybridized carbons (Fsp3) is 0.360. The van der Waals surface area contributed by atoms with Gasteiger partial charge >= 0.3 is 17.9 Å². The number of ether oxygens (including phenoxy) is 3. The molecule has 0 spiro atoms. The van der Waals surface area contributed by atoms with Crippen molar-refractivity contribution < 1.29 is 47.9 Å². The van der Waals surface area contributed by atoms with E-state index in [-0.39, 0.29) is 38.0 Å².